The number of carbonyl (C=O) groups excluding carboxylic acids is 2. The summed E-state index contributed by atoms with van der Waals surface area (Å²) in [5.74, 6) is -0.426. The fraction of sp³-hybridized carbons (Fsp3) is 0.474. The zero-order valence-electron chi connectivity index (χ0n) is 14.5. The number of hydrogen-bond donors (Lipinski definition) is 1. The van der Waals surface area contributed by atoms with Gasteiger partial charge in [0.15, 0.2) is 0 Å². The second kappa shape index (κ2) is 11.3. The Labute approximate surface area is 144 Å². The Morgan fingerprint density at radius 3 is 2.50 bits per heavy atom. The van der Waals surface area contributed by atoms with Gasteiger partial charge in [-0.1, -0.05) is 42.3 Å². The minimum absolute atomic E-state index is 0.165. The topological polar surface area (TPSA) is 64.6 Å². The largest absolute Gasteiger partial charge is 0.464 e. The molecule has 0 radical (unpaired) electrons. The van der Waals surface area contributed by atoms with Gasteiger partial charge in [0.25, 0.3) is 0 Å². The standard InChI is InChI=1S/C19H27NO4/c1-4-23-18(21)17(13-9-8-10-15(2)3)20-19(22)24-14-16-11-6-5-7-12-16/h5-7,11-12,17H,2,4,8-10,13-14H2,1,3H3,(H,20,22). The van der Waals surface area contributed by atoms with Crippen LogP contribution in [0.2, 0.25) is 0 Å². The van der Waals surface area contributed by atoms with Crippen LogP contribution in [0.4, 0.5) is 4.79 Å². The molecule has 0 aliphatic rings. The van der Waals surface area contributed by atoms with Crippen LogP contribution in [0.3, 0.4) is 0 Å². The highest BCUT2D eigenvalue weighted by Gasteiger charge is 2.22. The van der Waals surface area contributed by atoms with Crippen molar-refractivity contribution >= 4 is 12.1 Å². The number of esters is 1. The van der Waals surface area contributed by atoms with Gasteiger partial charge in [0, 0.05) is 0 Å². The van der Waals surface area contributed by atoms with Crippen LogP contribution in [-0.4, -0.2) is 24.7 Å². The van der Waals surface area contributed by atoms with Crippen LogP contribution < -0.4 is 5.32 Å². The maximum Gasteiger partial charge on any atom is 0.408 e. The summed E-state index contributed by atoms with van der Waals surface area (Å²) in [7, 11) is 0. The minimum Gasteiger partial charge on any atom is -0.464 e. The Bertz CT molecular complexity index is 527. The van der Waals surface area contributed by atoms with E-state index in [1.807, 2.05) is 37.3 Å². The molecule has 5 nitrogen and oxygen atoms in total. The van der Waals surface area contributed by atoms with Gasteiger partial charge in [-0.3, -0.25) is 0 Å². The maximum absolute atomic E-state index is 12.0. The predicted molar refractivity (Wildman–Crippen MR) is 93.5 cm³/mol. The molecule has 5 heteroatoms. The number of ether oxygens (including phenoxy) is 2. The lowest BCUT2D eigenvalue weighted by molar-refractivity contribution is -0.145. The number of benzene rings is 1. The van der Waals surface area contributed by atoms with Gasteiger partial charge in [0.1, 0.15) is 12.6 Å². The molecule has 0 saturated heterocycles. The van der Waals surface area contributed by atoms with Crippen LogP contribution in [0.25, 0.3) is 0 Å². The van der Waals surface area contributed by atoms with Gasteiger partial charge in [0.2, 0.25) is 0 Å². The number of amides is 1. The number of allylic oxidation sites excluding steroid dienone is 1. The summed E-state index contributed by atoms with van der Waals surface area (Å²) in [6.45, 7) is 8.01. The second-order valence-corrected chi connectivity index (χ2v) is 5.71. The molecule has 0 aliphatic carbocycles. The first-order chi connectivity index (χ1) is 11.5. The summed E-state index contributed by atoms with van der Waals surface area (Å²) in [5.41, 5.74) is 2.00. The highest BCUT2D eigenvalue weighted by atomic mass is 16.6. The minimum atomic E-state index is -0.682. The van der Waals surface area contributed by atoms with E-state index in [4.69, 9.17) is 9.47 Å². The average Bonchev–Trinajstić information content (AvgIpc) is 2.56. The van der Waals surface area contributed by atoms with E-state index in [-0.39, 0.29) is 13.2 Å². The molecule has 0 aliphatic heterocycles. The first kappa shape index (κ1) is 19.7. The van der Waals surface area contributed by atoms with Gasteiger partial charge in [-0.2, -0.15) is 0 Å². The van der Waals surface area contributed by atoms with Crippen LogP contribution >= 0.6 is 0 Å². The van der Waals surface area contributed by atoms with Crippen molar-refractivity contribution < 1.29 is 19.1 Å². The highest BCUT2D eigenvalue weighted by Crippen LogP contribution is 2.10. The lowest BCUT2D eigenvalue weighted by Crippen LogP contribution is -2.42. The molecule has 1 amide bonds. The summed E-state index contributed by atoms with van der Waals surface area (Å²) < 4.78 is 10.2. The van der Waals surface area contributed by atoms with Crippen LogP contribution in [0.15, 0.2) is 42.5 Å². The molecular formula is C19H27NO4. The Balaban J connectivity index is 2.45. The molecule has 1 rings (SSSR count). The molecule has 0 heterocycles. The summed E-state index contributed by atoms with van der Waals surface area (Å²) in [4.78, 5) is 23.9. The average molecular weight is 333 g/mol. The molecule has 1 atom stereocenters. The fourth-order valence-corrected chi connectivity index (χ4v) is 2.17. The van der Waals surface area contributed by atoms with Gasteiger partial charge < -0.3 is 14.8 Å². The number of alkyl carbamates (subject to hydrolysis) is 1. The Hall–Kier alpha value is -2.30. The lowest BCUT2D eigenvalue weighted by Gasteiger charge is -2.17. The molecular weight excluding hydrogens is 306 g/mol. The van der Waals surface area contributed by atoms with E-state index in [2.05, 4.69) is 11.9 Å². The Kier molecular flexibility index (Phi) is 9.27. The molecule has 132 valence electrons. The van der Waals surface area contributed by atoms with Gasteiger partial charge in [-0.15, -0.1) is 6.58 Å². The molecule has 24 heavy (non-hydrogen) atoms. The first-order valence-electron chi connectivity index (χ1n) is 8.31. The number of nitrogens with one attached hydrogen (secondary N) is 1. The van der Waals surface area contributed by atoms with E-state index in [0.717, 1.165) is 30.4 Å². The fourth-order valence-electron chi connectivity index (χ4n) is 2.17. The van der Waals surface area contributed by atoms with Crippen molar-refractivity contribution in [1.29, 1.82) is 0 Å². The molecule has 0 bridgehead atoms. The molecule has 1 aromatic rings. The number of carbonyl (C=O) groups is 2. The van der Waals surface area contributed by atoms with Crippen LogP contribution in [0, 0.1) is 0 Å². The van der Waals surface area contributed by atoms with Crippen LogP contribution in [-0.2, 0) is 20.9 Å². The van der Waals surface area contributed by atoms with Crippen molar-refractivity contribution in [2.24, 2.45) is 0 Å². The van der Waals surface area contributed by atoms with Crippen molar-refractivity contribution in [2.75, 3.05) is 6.61 Å². The normalized spacial score (nSPS) is 11.4. The molecule has 1 N–H and O–H groups in total. The van der Waals surface area contributed by atoms with Crippen molar-refractivity contribution in [3.05, 3.63) is 48.0 Å². The van der Waals surface area contributed by atoms with Gasteiger partial charge >= 0.3 is 12.1 Å². The third kappa shape index (κ3) is 8.36. The second-order valence-electron chi connectivity index (χ2n) is 5.71. The van der Waals surface area contributed by atoms with E-state index >= 15 is 0 Å². The quantitative estimate of drug-likeness (QED) is 0.399. The van der Waals surface area contributed by atoms with Gasteiger partial charge in [-0.25, -0.2) is 9.59 Å². The summed E-state index contributed by atoms with van der Waals surface area (Å²) in [5, 5.41) is 2.60. The smallest absolute Gasteiger partial charge is 0.408 e. The summed E-state index contributed by atoms with van der Waals surface area (Å²) >= 11 is 0. The zero-order chi connectivity index (χ0) is 17.8. The van der Waals surface area contributed by atoms with Crippen LogP contribution in [0.5, 0.6) is 0 Å². The number of hydrogen-bond acceptors (Lipinski definition) is 4. The van der Waals surface area contributed by atoms with Crippen molar-refractivity contribution in [3.63, 3.8) is 0 Å². The van der Waals surface area contributed by atoms with E-state index in [1.165, 1.54) is 0 Å². The van der Waals surface area contributed by atoms with Crippen molar-refractivity contribution in [3.8, 4) is 0 Å². The van der Waals surface area contributed by atoms with Gasteiger partial charge in [-0.05, 0) is 38.7 Å². The number of unbranched alkanes of at least 4 members (excludes halogenated alkanes) is 1. The van der Waals surface area contributed by atoms with E-state index < -0.39 is 18.1 Å². The molecule has 1 unspecified atom stereocenters. The summed E-state index contributed by atoms with van der Waals surface area (Å²) in [6, 6.07) is 8.70. The maximum atomic E-state index is 12.0. The van der Waals surface area contributed by atoms with E-state index in [0.29, 0.717) is 6.42 Å². The summed E-state index contributed by atoms with van der Waals surface area (Å²) in [6.07, 6.45) is 2.54. The molecule has 1 aromatic carbocycles. The SMILES string of the molecule is C=C(C)CCCCC(NC(=O)OCc1ccccc1)C(=O)OCC. The highest BCUT2D eigenvalue weighted by molar-refractivity contribution is 5.81. The first-order valence-corrected chi connectivity index (χ1v) is 8.31. The number of rotatable bonds is 10. The predicted octanol–water partition coefficient (Wildman–Crippen LogP) is 3.98. The van der Waals surface area contributed by atoms with E-state index in [1.54, 1.807) is 6.92 Å². The molecule has 0 spiro atoms. The Morgan fingerprint density at radius 2 is 1.88 bits per heavy atom. The third-order valence-electron chi connectivity index (χ3n) is 3.42. The van der Waals surface area contributed by atoms with Crippen LogP contribution in [0.1, 0.15) is 45.1 Å². The lowest BCUT2D eigenvalue weighted by atomic mass is 10.1. The third-order valence-corrected chi connectivity index (χ3v) is 3.42. The molecule has 0 aromatic heterocycles. The van der Waals surface area contributed by atoms with Crippen molar-refractivity contribution in [1.82, 2.24) is 5.32 Å². The van der Waals surface area contributed by atoms with Crippen molar-refractivity contribution in [2.45, 2.75) is 52.2 Å². The molecule has 0 fully saturated rings. The van der Waals surface area contributed by atoms with Gasteiger partial charge in [0.05, 0.1) is 6.61 Å². The van der Waals surface area contributed by atoms with E-state index in [9.17, 15) is 9.59 Å². The zero-order valence-corrected chi connectivity index (χ0v) is 14.5. The molecule has 0 saturated carbocycles. The Morgan fingerprint density at radius 1 is 1.17 bits per heavy atom. The monoisotopic (exact) mass is 333 g/mol.